The summed E-state index contributed by atoms with van der Waals surface area (Å²) >= 11 is 12.3. The van der Waals surface area contributed by atoms with E-state index in [0.29, 0.717) is 10.0 Å². The minimum atomic E-state index is 0.155. The molecule has 0 saturated carbocycles. The van der Waals surface area contributed by atoms with Crippen LogP contribution in [-0.2, 0) is 0 Å². The average molecular weight is 256 g/mol. The molecule has 16 heavy (non-hydrogen) atoms. The first kappa shape index (κ1) is 13.4. The van der Waals surface area contributed by atoms with Crippen molar-refractivity contribution in [3.05, 3.63) is 33.8 Å². The average Bonchev–Trinajstić information content (AvgIpc) is 2.26. The highest BCUT2D eigenvalue weighted by atomic mass is 35.5. The largest absolute Gasteiger partial charge is 0.313 e. The molecule has 0 aliphatic carbocycles. The van der Waals surface area contributed by atoms with Gasteiger partial charge < -0.3 is 5.32 Å². The van der Waals surface area contributed by atoms with Crippen LogP contribution < -0.4 is 5.32 Å². The number of halogens is 2. The van der Waals surface area contributed by atoms with Crippen molar-refractivity contribution < 1.29 is 0 Å². The van der Waals surface area contributed by atoms with Gasteiger partial charge in [-0.25, -0.2) is 0 Å². The molecule has 1 N–H and O–H groups in total. The van der Waals surface area contributed by atoms with E-state index in [4.69, 9.17) is 23.2 Å². The zero-order chi connectivity index (χ0) is 12.0. The fraction of sp³-hybridized carbons (Fsp3) is 0.385. The molecular formula is C13H15Cl2N. The highest BCUT2D eigenvalue weighted by Crippen LogP contribution is 2.32. The first-order valence-electron chi connectivity index (χ1n) is 5.21. The van der Waals surface area contributed by atoms with Gasteiger partial charge in [-0.2, -0.15) is 0 Å². The van der Waals surface area contributed by atoms with Gasteiger partial charge in [0.25, 0.3) is 0 Å². The first-order valence-corrected chi connectivity index (χ1v) is 5.97. The molecule has 1 aromatic carbocycles. The van der Waals surface area contributed by atoms with Gasteiger partial charge in [0.1, 0.15) is 0 Å². The lowest BCUT2D eigenvalue weighted by Gasteiger charge is -2.18. The normalized spacial score (nSPS) is 11.8. The van der Waals surface area contributed by atoms with Gasteiger partial charge in [-0.3, -0.25) is 0 Å². The van der Waals surface area contributed by atoms with Gasteiger partial charge in [-0.1, -0.05) is 29.3 Å². The zero-order valence-corrected chi connectivity index (χ0v) is 11.0. The lowest BCUT2D eigenvalue weighted by molar-refractivity contribution is 0.559. The number of hydrogen-bond acceptors (Lipinski definition) is 1. The van der Waals surface area contributed by atoms with Gasteiger partial charge >= 0.3 is 0 Å². The monoisotopic (exact) mass is 255 g/mol. The Morgan fingerprint density at radius 2 is 1.94 bits per heavy atom. The fourth-order valence-electron chi connectivity index (χ4n) is 1.62. The van der Waals surface area contributed by atoms with Crippen LogP contribution in [0.5, 0.6) is 0 Å². The molecule has 0 heterocycles. The van der Waals surface area contributed by atoms with Crippen molar-refractivity contribution in [2.75, 3.05) is 7.05 Å². The lowest BCUT2D eigenvalue weighted by Crippen LogP contribution is -2.17. The second kappa shape index (κ2) is 6.81. The second-order valence-corrected chi connectivity index (χ2v) is 4.26. The third-order valence-electron chi connectivity index (χ3n) is 2.43. The van der Waals surface area contributed by atoms with Gasteiger partial charge in [0.05, 0.1) is 0 Å². The van der Waals surface area contributed by atoms with E-state index < -0.39 is 0 Å². The third kappa shape index (κ3) is 3.42. The van der Waals surface area contributed by atoms with Crippen LogP contribution in [0.25, 0.3) is 0 Å². The molecule has 1 unspecified atom stereocenters. The van der Waals surface area contributed by atoms with Crippen LogP contribution in [0.4, 0.5) is 0 Å². The molecule has 86 valence electrons. The summed E-state index contributed by atoms with van der Waals surface area (Å²) in [7, 11) is 1.91. The van der Waals surface area contributed by atoms with Gasteiger partial charge in [0.2, 0.25) is 0 Å². The molecular weight excluding hydrogens is 241 g/mol. The maximum absolute atomic E-state index is 6.16. The van der Waals surface area contributed by atoms with Gasteiger partial charge in [0.15, 0.2) is 0 Å². The molecule has 0 fully saturated rings. The smallest absolute Gasteiger partial charge is 0.0468 e. The summed E-state index contributed by atoms with van der Waals surface area (Å²) in [5.74, 6) is 5.93. The molecule has 3 heteroatoms. The van der Waals surface area contributed by atoms with Crippen LogP contribution in [0.1, 0.15) is 31.4 Å². The van der Waals surface area contributed by atoms with Crippen molar-refractivity contribution in [1.82, 2.24) is 5.32 Å². The predicted molar refractivity (Wildman–Crippen MR) is 70.9 cm³/mol. The topological polar surface area (TPSA) is 12.0 Å². The van der Waals surface area contributed by atoms with Crippen LogP contribution in [0.3, 0.4) is 0 Å². The van der Waals surface area contributed by atoms with Gasteiger partial charge in [-0.15, -0.1) is 11.8 Å². The Hall–Kier alpha value is -0.680. The number of benzene rings is 1. The predicted octanol–water partition coefficient (Wildman–Crippen LogP) is 4.06. The summed E-state index contributed by atoms with van der Waals surface area (Å²) in [6, 6.07) is 5.73. The Labute approximate surface area is 107 Å². The Balaban J connectivity index is 2.88. The summed E-state index contributed by atoms with van der Waals surface area (Å²) in [4.78, 5) is 0. The SMILES string of the molecule is CC#CCCC(NC)c1c(Cl)cccc1Cl. The van der Waals surface area contributed by atoms with Crippen molar-refractivity contribution in [2.24, 2.45) is 0 Å². The van der Waals surface area contributed by atoms with Crippen molar-refractivity contribution in [2.45, 2.75) is 25.8 Å². The van der Waals surface area contributed by atoms with E-state index in [2.05, 4.69) is 17.2 Å². The molecule has 1 atom stereocenters. The Morgan fingerprint density at radius 3 is 2.44 bits per heavy atom. The number of rotatable bonds is 4. The Morgan fingerprint density at radius 1 is 1.31 bits per heavy atom. The van der Waals surface area contributed by atoms with Gasteiger partial charge in [0, 0.05) is 28.1 Å². The van der Waals surface area contributed by atoms with Crippen LogP contribution in [-0.4, -0.2) is 7.05 Å². The molecule has 0 amide bonds. The molecule has 0 radical (unpaired) electrons. The minimum absolute atomic E-state index is 0.155. The maximum atomic E-state index is 6.16. The fourth-order valence-corrected chi connectivity index (χ4v) is 2.28. The number of hydrogen-bond donors (Lipinski definition) is 1. The molecule has 1 rings (SSSR count). The molecule has 0 bridgehead atoms. The summed E-state index contributed by atoms with van der Waals surface area (Å²) in [6.45, 7) is 1.84. The molecule has 0 aliphatic heterocycles. The Kier molecular flexibility index (Phi) is 5.69. The minimum Gasteiger partial charge on any atom is -0.313 e. The summed E-state index contributed by atoms with van der Waals surface area (Å²) < 4.78 is 0. The van der Waals surface area contributed by atoms with Crippen LogP contribution in [0.15, 0.2) is 18.2 Å². The van der Waals surface area contributed by atoms with E-state index in [-0.39, 0.29) is 6.04 Å². The van der Waals surface area contributed by atoms with E-state index in [1.54, 1.807) is 0 Å². The third-order valence-corrected chi connectivity index (χ3v) is 3.09. The van der Waals surface area contributed by atoms with Gasteiger partial charge in [-0.05, 0) is 32.5 Å². The highest BCUT2D eigenvalue weighted by Gasteiger charge is 2.15. The molecule has 0 saturated heterocycles. The van der Waals surface area contributed by atoms with Crippen LogP contribution in [0, 0.1) is 11.8 Å². The molecule has 0 aromatic heterocycles. The van der Waals surface area contributed by atoms with E-state index in [1.165, 1.54) is 0 Å². The van der Waals surface area contributed by atoms with Crippen molar-refractivity contribution in [3.8, 4) is 11.8 Å². The molecule has 0 spiro atoms. The van der Waals surface area contributed by atoms with Crippen molar-refractivity contribution in [1.29, 1.82) is 0 Å². The lowest BCUT2D eigenvalue weighted by atomic mass is 10.0. The Bertz CT molecular complexity index is 384. The van der Waals surface area contributed by atoms with Crippen LogP contribution >= 0.6 is 23.2 Å². The molecule has 0 aliphatic rings. The molecule has 1 nitrogen and oxygen atoms in total. The van der Waals surface area contributed by atoms with E-state index in [1.807, 2.05) is 32.2 Å². The zero-order valence-electron chi connectivity index (χ0n) is 9.48. The summed E-state index contributed by atoms with van der Waals surface area (Å²) in [5, 5.41) is 4.63. The molecule has 1 aromatic rings. The maximum Gasteiger partial charge on any atom is 0.0468 e. The van der Waals surface area contributed by atoms with Crippen molar-refractivity contribution >= 4 is 23.2 Å². The summed E-state index contributed by atoms with van der Waals surface area (Å²) in [5.41, 5.74) is 0.964. The number of nitrogens with one attached hydrogen (secondary N) is 1. The van der Waals surface area contributed by atoms with E-state index >= 15 is 0 Å². The second-order valence-electron chi connectivity index (χ2n) is 3.44. The van der Waals surface area contributed by atoms with E-state index in [0.717, 1.165) is 18.4 Å². The standard InChI is InChI=1S/C13H15Cl2N/c1-3-4-5-9-12(16-2)13-10(14)7-6-8-11(13)15/h6-8,12,16H,5,9H2,1-2H3. The highest BCUT2D eigenvalue weighted by molar-refractivity contribution is 6.36. The van der Waals surface area contributed by atoms with Crippen LogP contribution in [0.2, 0.25) is 10.0 Å². The van der Waals surface area contributed by atoms with E-state index in [9.17, 15) is 0 Å². The van der Waals surface area contributed by atoms with Crippen molar-refractivity contribution in [3.63, 3.8) is 0 Å². The summed E-state index contributed by atoms with van der Waals surface area (Å²) in [6.07, 6.45) is 1.74. The first-order chi connectivity index (χ1) is 7.70. The quantitative estimate of drug-likeness (QED) is 0.801.